The normalized spacial score (nSPS) is 14.6. The smallest absolute Gasteiger partial charge is 0.276 e. The summed E-state index contributed by atoms with van der Waals surface area (Å²) in [6.45, 7) is 3.84. The summed E-state index contributed by atoms with van der Waals surface area (Å²) in [7, 11) is -3.40. The Morgan fingerprint density at radius 3 is 2.42 bits per heavy atom. The molecular formula is C6H16N2O3S. The summed E-state index contributed by atoms with van der Waals surface area (Å²) in [6, 6.07) is 0. The van der Waals surface area contributed by atoms with E-state index < -0.39 is 16.3 Å². The van der Waals surface area contributed by atoms with Gasteiger partial charge in [0.15, 0.2) is 0 Å². The van der Waals surface area contributed by atoms with E-state index in [1.807, 2.05) is 6.92 Å². The second kappa shape index (κ2) is 5.47. The van der Waals surface area contributed by atoms with Gasteiger partial charge in [0.05, 0.1) is 6.10 Å². The molecule has 5 nitrogen and oxygen atoms in total. The highest BCUT2D eigenvalue weighted by Crippen LogP contribution is 1.81. The van der Waals surface area contributed by atoms with Crippen LogP contribution in [0.1, 0.15) is 20.3 Å². The largest absolute Gasteiger partial charge is 0.392 e. The molecule has 0 saturated carbocycles. The molecule has 0 radical (unpaired) electrons. The molecule has 0 spiro atoms. The van der Waals surface area contributed by atoms with Gasteiger partial charge in [-0.25, -0.2) is 4.72 Å². The summed E-state index contributed by atoms with van der Waals surface area (Å²) in [4.78, 5) is 0. The molecule has 0 aromatic rings. The fourth-order valence-electron chi connectivity index (χ4n) is 0.518. The maximum atomic E-state index is 11.0. The average molecular weight is 196 g/mol. The molecular weight excluding hydrogens is 180 g/mol. The first-order valence-electron chi connectivity index (χ1n) is 3.90. The molecule has 6 heteroatoms. The van der Waals surface area contributed by atoms with Gasteiger partial charge in [-0.2, -0.15) is 13.1 Å². The minimum absolute atomic E-state index is 0.0407. The van der Waals surface area contributed by atoms with Crippen LogP contribution in [0.3, 0.4) is 0 Å². The van der Waals surface area contributed by atoms with Crippen LogP contribution in [0.5, 0.6) is 0 Å². The lowest BCUT2D eigenvalue weighted by molar-refractivity contribution is 0.198. The monoisotopic (exact) mass is 196 g/mol. The minimum atomic E-state index is -3.40. The van der Waals surface area contributed by atoms with Gasteiger partial charge >= 0.3 is 0 Å². The summed E-state index contributed by atoms with van der Waals surface area (Å²) < 4.78 is 26.4. The summed E-state index contributed by atoms with van der Waals surface area (Å²) >= 11 is 0. The molecule has 0 aromatic carbocycles. The van der Waals surface area contributed by atoms with Gasteiger partial charge in [0.1, 0.15) is 0 Å². The molecule has 0 bridgehead atoms. The highest BCUT2D eigenvalue weighted by molar-refractivity contribution is 7.87. The maximum absolute atomic E-state index is 11.0. The van der Waals surface area contributed by atoms with Gasteiger partial charge in [-0.1, -0.05) is 6.92 Å². The van der Waals surface area contributed by atoms with E-state index in [2.05, 4.69) is 9.44 Å². The number of rotatable bonds is 6. The average Bonchev–Trinajstić information content (AvgIpc) is 1.98. The lowest BCUT2D eigenvalue weighted by Gasteiger charge is -2.08. The molecule has 0 rings (SSSR count). The number of hydrogen-bond donors (Lipinski definition) is 3. The van der Waals surface area contributed by atoms with Crippen molar-refractivity contribution in [3.8, 4) is 0 Å². The molecule has 0 aliphatic carbocycles. The molecule has 1 unspecified atom stereocenters. The van der Waals surface area contributed by atoms with Crippen molar-refractivity contribution in [3.05, 3.63) is 0 Å². The molecule has 0 aliphatic heterocycles. The highest BCUT2D eigenvalue weighted by Gasteiger charge is 2.08. The van der Waals surface area contributed by atoms with Crippen molar-refractivity contribution in [1.82, 2.24) is 9.44 Å². The zero-order valence-corrected chi connectivity index (χ0v) is 8.19. The molecule has 0 amide bonds. The predicted octanol–water partition coefficient (Wildman–Crippen LogP) is -0.799. The van der Waals surface area contributed by atoms with Gasteiger partial charge in [-0.05, 0) is 13.3 Å². The van der Waals surface area contributed by atoms with Gasteiger partial charge in [0.2, 0.25) is 0 Å². The molecule has 0 heterocycles. The maximum Gasteiger partial charge on any atom is 0.276 e. The Hall–Kier alpha value is -0.170. The van der Waals surface area contributed by atoms with Crippen molar-refractivity contribution in [1.29, 1.82) is 0 Å². The molecule has 0 fully saturated rings. The molecule has 1 atom stereocenters. The zero-order valence-electron chi connectivity index (χ0n) is 7.37. The van der Waals surface area contributed by atoms with Gasteiger partial charge in [0.25, 0.3) is 10.2 Å². The Labute approximate surface area is 73.4 Å². The summed E-state index contributed by atoms with van der Waals surface area (Å²) in [6.07, 6.45) is 0.0819. The van der Waals surface area contributed by atoms with Gasteiger partial charge < -0.3 is 5.11 Å². The van der Waals surface area contributed by atoms with E-state index >= 15 is 0 Å². The van der Waals surface area contributed by atoms with Crippen LogP contribution < -0.4 is 9.44 Å². The first-order valence-corrected chi connectivity index (χ1v) is 5.38. The van der Waals surface area contributed by atoms with E-state index in [0.717, 1.165) is 6.42 Å². The molecule has 74 valence electrons. The summed E-state index contributed by atoms with van der Waals surface area (Å²) in [5, 5.41) is 8.79. The van der Waals surface area contributed by atoms with Crippen molar-refractivity contribution in [2.24, 2.45) is 0 Å². The van der Waals surface area contributed by atoms with Crippen molar-refractivity contribution in [3.63, 3.8) is 0 Å². The van der Waals surface area contributed by atoms with Crippen LogP contribution in [-0.4, -0.2) is 32.7 Å². The summed E-state index contributed by atoms with van der Waals surface area (Å²) in [5.41, 5.74) is 0. The number of aliphatic hydroxyl groups excluding tert-OH is 1. The number of nitrogens with one attached hydrogen (secondary N) is 2. The quantitative estimate of drug-likeness (QED) is 0.520. The summed E-state index contributed by atoms with van der Waals surface area (Å²) in [5.74, 6) is 0. The van der Waals surface area contributed by atoms with E-state index in [0.29, 0.717) is 6.54 Å². The van der Waals surface area contributed by atoms with Gasteiger partial charge in [0, 0.05) is 13.1 Å². The van der Waals surface area contributed by atoms with E-state index in [1.165, 1.54) is 6.92 Å². The van der Waals surface area contributed by atoms with Crippen LogP contribution in [0.15, 0.2) is 0 Å². The Morgan fingerprint density at radius 2 is 2.00 bits per heavy atom. The van der Waals surface area contributed by atoms with E-state index in [1.54, 1.807) is 0 Å². The van der Waals surface area contributed by atoms with Crippen molar-refractivity contribution >= 4 is 10.2 Å². The third-order valence-electron chi connectivity index (χ3n) is 1.11. The van der Waals surface area contributed by atoms with Crippen LogP contribution in [0.2, 0.25) is 0 Å². The second-order valence-electron chi connectivity index (χ2n) is 2.60. The first-order chi connectivity index (χ1) is 5.48. The van der Waals surface area contributed by atoms with Crippen molar-refractivity contribution in [2.75, 3.05) is 13.1 Å². The third kappa shape index (κ3) is 6.53. The first kappa shape index (κ1) is 11.8. The minimum Gasteiger partial charge on any atom is -0.392 e. The fourth-order valence-corrected chi connectivity index (χ4v) is 1.55. The van der Waals surface area contributed by atoms with Crippen molar-refractivity contribution in [2.45, 2.75) is 26.4 Å². The van der Waals surface area contributed by atoms with E-state index in [-0.39, 0.29) is 6.54 Å². The van der Waals surface area contributed by atoms with E-state index in [4.69, 9.17) is 5.11 Å². The topological polar surface area (TPSA) is 78.4 Å². The zero-order chi connectivity index (χ0) is 9.61. The van der Waals surface area contributed by atoms with Crippen LogP contribution in [-0.2, 0) is 10.2 Å². The van der Waals surface area contributed by atoms with Gasteiger partial charge in [-0.15, -0.1) is 0 Å². The molecule has 0 saturated heterocycles. The lowest BCUT2D eigenvalue weighted by Crippen LogP contribution is -2.40. The van der Waals surface area contributed by atoms with Crippen molar-refractivity contribution < 1.29 is 13.5 Å². The Balaban J connectivity index is 3.73. The molecule has 0 aromatic heterocycles. The molecule has 3 N–H and O–H groups in total. The fraction of sp³-hybridized carbons (Fsp3) is 1.00. The Morgan fingerprint density at radius 1 is 1.42 bits per heavy atom. The second-order valence-corrected chi connectivity index (χ2v) is 4.18. The third-order valence-corrected chi connectivity index (χ3v) is 2.24. The number of aliphatic hydroxyl groups is 1. The van der Waals surface area contributed by atoms with Crippen LogP contribution in [0.4, 0.5) is 0 Å². The lowest BCUT2D eigenvalue weighted by atomic mass is 10.4. The SMILES string of the molecule is CCCNS(=O)(=O)NCC(C)O. The van der Waals surface area contributed by atoms with Crippen LogP contribution in [0.25, 0.3) is 0 Å². The number of hydrogen-bond acceptors (Lipinski definition) is 3. The molecule has 0 aliphatic rings. The molecule has 12 heavy (non-hydrogen) atoms. The van der Waals surface area contributed by atoms with Crippen LogP contribution in [0, 0.1) is 0 Å². The highest BCUT2D eigenvalue weighted by atomic mass is 32.2. The van der Waals surface area contributed by atoms with Crippen LogP contribution >= 0.6 is 0 Å². The van der Waals surface area contributed by atoms with E-state index in [9.17, 15) is 8.42 Å². The Bertz CT molecular complexity index is 201. The Kier molecular flexibility index (Phi) is 5.39. The van der Waals surface area contributed by atoms with Gasteiger partial charge in [-0.3, -0.25) is 0 Å². The standard InChI is InChI=1S/C6H16N2O3S/c1-3-4-7-12(10,11)8-5-6(2)9/h6-9H,3-5H2,1-2H3. The predicted molar refractivity (Wildman–Crippen MR) is 46.9 cm³/mol.